The molecule has 3 fully saturated rings. The smallest absolute Gasteiger partial charge is 0.282 e. The number of nitrogens with zero attached hydrogens (tertiary/aromatic N) is 4. The molecule has 1 N–H and O–H groups in total. The van der Waals surface area contributed by atoms with Gasteiger partial charge in [0.2, 0.25) is 11.8 Å². The van der Waals surface area contributed by atoms with Gasteiger partial charge in [0.25, 0.3) is 10.2 Å². The van der Waals surface area contributed by atoms with Crippen LogP contribution in [0.4, 0.5) is 0 Å². The highest BCUT2D eigenvalue weighted by Crippen LogP contribution is 2.19. The lowest BCUT2D eigenvalue weighted by Gasteiger charge is -2.40. The lowest BCUT2D eigenvalue weighted by atomic mass is 10.1. The highest BCUT2D eigenvalue weighted by molar-refractivity contribution is 7.86. The fourth-order valence-electron chi connectivity index (χ4n) is 4.42. The van der Waals surface area contributed by atoms with Crippen LogP contribution in [0.15, 0.2) is 0 Å². The molecule has 3 aliphatic rings. The Kier molecular flexibility index (Phi) is 7.72. The van der Waals surface area contributed by atoms with Gasteiger partial charge in [0.15, 0.2) is 0 Å². The first kappa shape index (κ1) is 23.4. The molecule has 11 heteroatoms. The summed E-state index contributed by atoms with van der Waals surface area (Å²) in [7, 11) is -3.51. The van der Waals surface area contributed by atoms with Gasteiger partial charge in [0.05, 0.1) is 18.8 Å². The number of piperazine rings is 1. The van der Waals surface area contributed by atoms with Crippen molar-refractivity contribution in [3.05, 3.63) is 0 Å². The van der Waals surface area contributed by atoms with Crippen molar-refractivity contribution in [2.24, 2.45) is 0 Å². The maximum atomic E-state index is 13.0. The van der Waals surface area contributed by atoms with Gasteiger partial charge < -0.3 is 15.0 Å². The van der Waals surface area contributed by atoms with E-state index in [1.807, 2.05) is 18.7 Å². The van der Waals surface area contributed by atoms with Crippen molar-refractivity contribution in [3.8, 4) is 0 Å². The SMILES string of the molecule is CC(=O)N1CCC(NC(=O)CN2CCN(S(=O)(=O)N3CC(C)OC(C)C3)CC2)CC1. The first-order valence-corrected chi connectivity index (χ1v) is 12.2. The summed E-state index contributed by atoms with van der Waals surface area (Å²) in [5.41, 5.74) is 0. The highest BCUT2D eigenvalue weighted by atomic mass is 32.2. The Bertz CT molecular complexity index is 707. The molecular weight excluding hydrogens is 410 g/mol. The van der Waals surface area contributed by atoms with Gasteiger partial charge in [-0.15, -0.1) is 0 Å². The van der Waals surface area contributed by atoms with E-state index in [4.69, 9.17) is 4.74 Å². The minimum atomic E-state index is -3.51. The van der Waals surface area contributed by atoms with Gasteiger partial charge in [0.1, 0.15) is 0 Å². The second-order valence-electron chi connectivity index (χ2n) is 8.61. The van der Waals surface area contributed by atoms with Gasteiger partial charge in [-0.05, 0) is 26.7 Å². The molecule has 0 aliphatic carbocycles. The van der Waals surface area contributed by atoms with E-state index in [0.29, 0.717) is 52.4 Å². The summed E-state index contributed by atoms with van der Waals surface area (Å²) in [6.45, 7) is 9.54. The number of hydrogen-bond acceptors (Lipinski definition) is 6. The van der Waals surface area contributed by atoms with Crippen molar-refractivity contribution in [2.75, 3.05) is 58.9 Å². The van der Waals surface area contributed by atoms with E-state index in [1.165, 1.54) is 8.61 Å². The lowest BCUT2D eigenvalue weighted by molar-refractivity contribution is -0.130. The Labute approximate surface area is 179 Å². The van der Waals surface area contributed by atoms with Crippen LogP contribution < -0.4 is 5.32 Å². The fourth-order valence-corrected chi connectivity index (χ4v) is 6.16. The zero-order valence-corrected chi connectivity index (χ0v) is 19.1. The molecule has 0 aromatic rings. The normalized spacial score (nSPS) is 28.4. The van der Waals surface area contributed by atoms with Crippen LogP contribution in [0, 0.1) is 0 Å². The molecule has 3 saturated heterocycles. The first-order valence-electron chi connectivity index (χ1n) is 10.8. The number of rotatable bonds is 5. The highest BCUT2D eigenvalue weighted by Gasteiger charge is 2.37. The van der Waals surface area contributed by atoms with Gasteiger partial charge in [-0.25, -0.2) is 0 Å². The van der Waals surface area contributed by atoms with Crippen LogP contribution >= 0.6 is 0 Å². The third kappa shape index (κ3) is 5.91. The van der Waals surface area contributed by atoms with Crippen molar-refractivity contribution in [2.45, 2.75) is 51.9 Å². The van der Waals surface area contributed by atoms with Crippen LogP contribution in [0.2, 0.25) is 0 Å². The minimum absolute atomic E-state index is 0.0385. The molecule has 2 amide bonds. The molecule has 0 radical (unpaired) electrons. The number of hydrogen-bond donors (Lipinski definition) is 1. The van der Waals surface area contributed by atoms with E-state index >= 15 is 0 Å². The Balaban J connectivity index is 1.42. The first-order chi connectivity index (χ1) is 14.1. The van der Waals surface area contributed by atoms with Crippen LogP contribution in [-0.2, 0) is 24.5 Å². The predicted molar refractivity (Wildman–Crippen MR) is 112 cm³/mol. The molecule has 0 aromatic carbocycles. The second-order valence-corrected chi connectivity index (χ2v) is 10.5. The van der Waals surface area contributed by atoms with Crippen molar-refractivity contribution in [1.82, 2.24) is 23.7 Å². The zero-order chi connectivity index (χ0) is 21.9. The monoisotopic (exact) mass is 445 g/mol. The Morgan fingerprint density at radius 2 is 1.50 bits per heavy atom. The lowest BCUT2D eigenvalue weighted by Crippen LogP contribution is -2.58. The summed E-state index contributed by atoms with van der Waals surface area (Å²) in [4.78, 5) is 27.6. The van der Waals surface area contributed by atoms with Crippen molar-refractivity contribution >= 4 is 22.0 Å². The third-order valence-electron chi connectivity index (χ3n) is 6.04. The molecule has 3 heterocycles. The molecule has 3 rings (SSSR count). The summed E-state index contributed by atoms with van der Waals surface area (Å²) in [5, 5.41) is 3.06. The topological polar surface area (TPSA) is 102 Å². The Morgan fingerprint density at radius 3 is 2.03 bits per heavy atom. The Hall–Kier alpha value is -1.27. The van der Waals surface area contributed by atoms with E-state index in [2.05, 4.69) is 5.32 Å². The molecule has 10 nitrogen and oxygen atoms in total. The number of morpholine rings is 1. The number of carbonyl (C=O) groups is 2. The summed E-state index contributed by atoms with van der Waals surface area (Å²) in [5.74, 6) is 0.0389. The van der Waals surface area contributed by atoms with Gasteiger partial charge in [-0.3, -0.25) is 14.5 Å². The van der Waals surface area contributed by atoms with Crippen LogP contribution in [0.25, 0.3) is 0 Å². The molecule has 30 heavy (non-hydrogen) atoms. The zero-order valence-electron chi connectivity index (χ0n) is 18.2. The molecule has 2 unspecified atom stereocenters. The van der Waals surface area contributed by atoms with E-state index in [0.717, 1.165) is 12.8 Å². The molecule has 172 valence electrons. The van der Waals surface area contributed by atoms with Crippen molar-refractivity contribution in [1.29, 1.82) is 0 Å². The van der Waals surface area contributed by atoms with Crippen molar-refractivity contribution < 1.29 is 22.7 Å². The summed E-state index contributed by atoms with van der Waals surface area (Å²) < 4.78 is 34.6. The van der Waals surface area contributed by atoms with Gasteiger partial charge in [0, 0.05) is 65.3 Å². The molecule has 3 aliphatic heterocycles. The summed E-state index contributed by atoms with van der Waals surface area (Å²) in [6, 6.07) is 0.0973. The van der Waals surface area contributed by atoms with Crippen LogP contribution in [-0.4, -0.2) is 116 Å². The quantitative estimate of drug-likeness (QED) is 0.588. The standard InChI is InChI=1S/C19H35N5O5S/c1-15-12-24(13-16(2)29-15)30(27,28)23-10-8-21(9-11-23)14-19(26)20-18-4-6-22(7-5-18)17(3)25/h15-16,18H,4-14H2,1-3H3,(H,20,26). The molecule has 0 aromatic heterocycles. The van der Waals surface area contributed by atoms with Crippen LogP contribution in [0.3, 0.4) is 0 Å². The maximum absolute atomic E-state index is 13.0. The number of piperidine rings is 1. The van der Waals surface area contributed by atoms with E-state index in [1.54, 1.807) is 11.8 Å². The predicted octanol–water partition coefficient (Wildman–Crippen LogP) is -0.915. The number of ether oxygens (including phenoxy) is 1. The van der Waals surface area contributed by atoms with Crippen molar-refractivity contribution in [3.63, 3.8) is 0 Å². The van der Waals surface area contributed by atoms with E-state index in [9.17, 15) is 18.0 Å². The van der Waals surface area contributed by atoms with Gasteiger partial charge in [-0.1, -0.05) is 0 Å². The van der Waals surface area contributed by atoms with Gasteiger partial charge in [-0.2, -0.15) is 17.0 Å². The third-order valence-corrected chi connectivity index (χ3v) is 8.01. The largest absolute Gasteiger partial charge is 0.373 e. The summed E-state index contributed by atoms with van der Waals surface area (Å²) >= 11 is 0. The second kappa shape index (κ2) is 9.90. The number of nitrogens with one attached hydrogen (secondary N) is 1. The minimum Gasteiger partial charge on any atom is -0.373 e. The van der Waals surface area contributed by atoms with Crippen LogP contribution in [0.1, 0.15) is 33.6 Å². The maximum Gasteiger partial charge on any atom is 0.282 e. The van der Waals surface area contributed by atoms with Crippen LogP contribution in [0.5, 0.6) is 0 Å². The molecule has 0 spiro atoms. The molecule has 2 atom stereocenters. The molecule has 0 bridgehead atoms. The fraction of sp³-hybridized carbons (Fsp3) is 0.895. The average molecular weight is 446 g/mol. The molecule has 0 saturated carbocycles. The average Bonchev–Trinajstić information content (AvgIpc) is 2.68. The molecular formula is C19H35N5O5S. The number of amides is 2. The summed E-state index contributed by atoms with van der Waals surface area (Å²) in [6.07, 6.45) is 1.31. The van der Waals surface area contributed by atoms with E-state index in [-0.39, 0.29) is 36.6 Å². The number of likely N-dealkylation sites (tertiary alicyclic amines) is 1. The van der Waals surface area contributed by atoms with E-state index < -0.39 is 10.2 Å². The Morgan fingerprint density at radius 1 is 0.933 bits per heavy atom. The van der Waals surface area contributed by atoms with Gasteiger partial charge >= 0.3 is 0 Å². The number of carbonyl (C=O) groups excluding carboxylic acids is 2.